The Balaban J connectivity index is 1.37. The largest absolute Gasteiger partial charge is 0.268 e. The smallest absolute Gasteiger partial charge is 0.264 e. The number of nitrogens with zero attached hydrogens (tertiary/aromatic N) is 4. The van der Waals surface area contributed by atoms with Gasteiger partial charge in [-0.15, -0.1) is 0 Å². The molecule has 0 radical (unpaired) electrons. The molecule has 0 spiro atoms. The Morgan fingerprint density at radius 3 is 2.26 bits per heavy atom. The fourth-order valence-electron chi connectivity index (χ4n) is 5.98. The van der Waals surface area contributed by atoms with Gasteiger partial charge in [0.25, 0.3) is 5.56 Å². The molecule has 0 unspecified atom stereocenters. The lowest BCUT2D eigenvalue weighted by atomic mass is 9.92. The van der Waals surface area contributed by atoms with Crippen LogP contribution in [0.3, 0.4) is 0 Å². The van der Waals surface area contributed by atoms with Crippen LogP contribution in [-0.2, 0) is 0 Å². The first kappa shape index (κ1) is 21.1. The molecule has 1 aliphatic heterocycles. The van der Waals surface area contributed by atoms with E-state index in [0.29, 0.717) is 11.0 Å². The van der Waals surface area contributed by atoms with E-state index in [0.717, 1.165) is 50.6 Å². The number of aromatic nitrogens is 2. The summed E-state index contributed by atoms with van der Waals surface area (Å²) >= 11 is 0. The Labute approximate surface area is 218 Å². The second-order valence-electron chi connectivity index (χ2n) is 9.81. The summed E-state index contributed by atoms with van der Waals surface area (Å²) < 4.78 is 1.75. The van der Waals surface area contributed by atoms with Crippen LogP contribution in [-0.4, -0.2) is 15.1 Å². The number of hydrazone groups is 1. The monoisotopic (exact) mass is 490 g/mol. The molecule has 1 aliphatic rings. The van der Waals surface area contributed by atoms with Crippen LogP contribution in [0.2, 0.25) is 0 Å². The zero-order valence-corrected chi connectivity index (χ0v) is 20.5. The highest BCUT2D eigenvalue weighted by atomic mass is 16.1. The third-order valence-electron chi connectivity index (χ3n) is 7.70. The normalized spacial score (nSPS) is 15.7. The number of imidazole rings is 1. The fourth-order valence-corrected chi connectivity index (χ4v) is 5.98. The van der Waals surface area contributed by atoms with Crippen molar-refractivity contribution >= 4 is 49.6 Å². The van der Waals surface area contributed by atoms with Crippen LogP contribution in [0.15, 0.2) is 125 Å². The third kappa shape index (κ3) is 2.96. The minimum atomic E-state index is -0.0367. The van der Waals surface area contributed by atoms with E-state index < -0.39 is 0 Å². The summed E-state index contributed by atoms with van der Waals surface area (Å²) in [5, 5.41) is 11.0. The highest BCUT2D eigenvalue weighted by Gasteiger charge is 2.31. The zero-order chi connectivity index (χ0) is 25.2. The molecular formula is C33H22N4O. The van der Waals surface area contributed by atoms with E-state index in [2.05, 4.69) is 65.7 Å². The predicted octanol–water partition coefficient (Wildman–Crippen LogP) is 6.95. The first-order chi connectivity index (χ1) is 18.8. The van der Waals surface area contributed by atoms with Gasteiger partial charge in [-0.25, -0.2) is 4.98 Å². The quantitative estimate of drug-likeness (QED) is 0.269. The minimum absolute atomic E-state index is 0.0367. The average Bonchev–Trinajstić information content (AvgIpc) is 3.59. The number of hydrogen-bond acceptors (Lipinski definition) is 4. The Kier molecular flexibility index (Phi) is 4.43. The summed E-state index contributed by atoms with van der Waals surface area (Å²) in [6.07, 6.45) is 0.768. The lowest BCUT2D eigenvalue weighted by molar-refractivity contribution is 0.709. The molecule has 3 heterocycles. The molecule has 8 rings (SSSR count). The van der Waals surface area contributed by atoms with Crippen LogP contribution in [0.1, 0.15) is 23.6 Å². The van der Waals surface area contributed by atoms with Gasteiger partial charge in [0, 0.05) is 28.1 Å². The molecule has 0 saturated carbocycles. The number of benzene rings is 5. The maximum Gasteiger partial charge on any atom is 0.264 e. The van der Waals surface area contributed by atoms with Crippen LogP contribution in [0.4, 0.5) is 5.69 Å². The van der Waals surface area contributed by atoms with Gasteiger partial charge in [-0.2, -0.15) is 5.10 Å². The summed E-state index contributed by atoms with van der Waals surface area (Å²) in [5.41, 5.74) is 6.68. The Hall–Kier alpha value is -5.03. The average molecular weight is 491 g/mol. The van der Waals surface area contributed by atoms with Gasteiger partial charge in [-0.1, -0.05) is 84.9 Å². The van der Waals surface area contributed by atoms with Crippen molar-refractivity contribution in [1.29, 1.82) is 0 Å². The van der Waals surface area contributed by atoms with E-state index in [1.54, 1.807) is 4.40 Å². The molecule has 1 atom stereocenters. The lowest BCUT2D eigenvalue weighted by Gasteiger charge is -2.23. The van der Waals surface area contributed by atoms with Crippen molar-refractivity contribution in [2.75, 3.05) is 5.01 Å². The molecule has 7 aromatic rings. The van der Waals surface area contributed by atoms with Gasteiger partial charge in [0.05, 0.1) is 28.5 Å². The van der Waals surface area contributed by atoms with Gasteiger partial charge >= 0.3 is 0 Å². The molecule has 0 fully saturated rings. The fraction of sp³-hybridized carbons (Fsp3) is 0.0606. The van der Waals surface area contributed by atoms with Crippen molar-refractivity contribution in [2.24, 2.45) is 5.10 Å². The molecule has 38 heavy (non-hydrogen) atoms. The van der Waals surface area contributed by atoms with Gasteiger partial charge in [0.2, 0.25) is 0 Å². The van der Waals surface area contributed by atoms with Crippen LogP contribution in [0, 0.1) is 0 Å². The molecule has 5 aromatic carbocycles. The summed E-state index contributed by atoms with van der Waals surface area (Å²) in [6, 6.07) is 39.0. The molecule has 5 heteroatoms. The highest BCUT2D eigenvalue weighted by molar-refractivity contribution is 6.22. The number of anilines is 1. The number of fused-ring (bicyclic) bond motifs is 4. The Morgan fingerprint density at radius 2 is 1.42 bits per heavy atom. The number of rotatable bonds is 3. The molecule has 0 amide bonds. The maximum absolute atomic E-state index is 13.8. The molecule has 5 nitrogen and oxygen atoms in total. The van der Waals surface area contributed by atoms with Gasteiger partial charge in [0.15, 0.2) is 0 Å². The summed E-state index contributed by atoms with van der Waals surface area (Å²) in [7, 11) is 0. The van der Waals surface area contributed by atoms with Gasteiger partial charge in [-0.3, -0.25) is 14.2 Å². The van der Waals surface area contributed by atoms with E-state index in [4.69, 9.17) is 10.1 Å². The van der Waals surface area contributed by atoms with E-state index >= 15 is 0 Å². The molecule has 0 bridgehead atoms. The van der Waals surface area contributed by atoms with Gasteiger partial charge < -0.3 is 0 Å². The summed E-state index contributed by atoms with van der Waals surface area (Å²) in [6.45, 7) is 0. The van der Waals surface area contributed by atoms with Crippen molar-refractivity contribution in [1.82, 2.24) is 9.38 Å². The first-order valence-corrected chi connectivity index (χ1v) is 12.8. The van der Waals surface area contributed by atoms with E-state index in [9.17, 15) is 4.79 Å². The molecule has 2 aromatic heterocycles. The van der Waals surface area contributed by atoms with Crippen molar-refractivity contribution in [3.05, 3.63) is 137 Å². The summed E-state index contributed by atoms with van der Waals surface area (Å²) in [4.78, 5) is 18.6. The van der Waals surface area contributed by atoms with Crippen molar-refractivity contribution in [3.63, 3.8) is 0 Å². The van der Waals surface area contributed by atoms with E-state index in [1.807, 2.05) is 54.6 Å². The van der Waals surface area contributed by atoms with Gasteiger partial charge in [-0.05, 0) is 41.3 Å². The predicted molar refractivity (Wildman–Crippen MR) is 154 cm³/mol. The van der Waals surface area contributed by atoms with Crippen LogP contribution in [0.5, 0.6) is 0 Å². The topological polar surface area (TPSA) is 50.0 Å². The Morgan fingerprint density at radius 1 is 0.684 bits per heavy atom. The van der Waals surface area contributed by atoms with Gasteiger partial charge in [0.1, 0.15) is 5.65 Å². The number of para-hydroxylation sites is 3. The van der Waals surface area contributed by atoms with Crippen molar-refractivity contribution in [2.45, 2.75) is 12.5 Å². The third-order valence-corrected chi connectivity index (χ3v) is 7.70. The van der Waals surface area contributed by atoms with Crippen LogP contribution < -0.4 is 10.6 Å². The molecular weight excluding hydrogens is 468 g/mol. The summed E-state index contributed by atoms with van der Waals surface area (Å²) in [5.74, 6) is 0. The second-order valence-corrected chi connectivity index (χ2v) is 9.81. The van der Waals surface area contributed by atoms with E-state index in [-0.39, 0.29) is 11.6 Å². The molecule has 0 aliphatic carbocycles. The number of pyridine rings is 1. The lowest BCUT2D eigenvalue weighted by Crippen LogP contribution is -2.18. The minimum Gasteiger partial charge on any atom is -0.268 e. The molecule has 0 saturated heterocycles. The Bertz CT molecular complexity index is 2080. The second kappa shape index (κ2) is 7.98. The maximum atomic E-state index is 13.8. The van der Waals surface area contributed by atoms with Crippen molar-refractivity contribution < 1.29 is 0 Å². The SMILES string of the molecule is O=c1c2ccc(C3=NN(c4ccccc4)[C@@H](c4ccccc4)C3)c3cccc(c32)c2nc3ccccc3n12. The van der Waals surface area contributed by atoms with E-state index in [1.165, 1.54) is 5.56 Å². The molecule has 0 N–H and O–H groups in total. The number of hydrogen-bond donors (Lipinski definition) is 0. The highest BCUT2D eigenvalue weighted by Crippen LogP contribution is 2.39. The standard InChI is InChI=1S/C33H22N4O/c38-33-26-19-18-23(24-14-9-15-25(31(24)26)32-34-27-16-7-8-17-29(27)36(32)33)28-20-30(21-10-3-1-4-11-21)37(35-28)22-12-5-2-6-13-22/h1-19,30H,20H2/t30-/m1/s1. The van der Waals surface area contributed by atoms with Crippen molar-refractivity contribution in [3.8, 4) is 0 Å². The first-order valence-electron chi connectivity index (χ1n) is 12.8. The molecule has 180 valence electrons. The zero-order valence-electron chi connectivity index (χ0n) is 20.5. The van der Waals surface area contributed by atoms with Crippen LogP contribution >= 0.6 is 0 Å². The van der Waals surface area contributed by atoms with Crippen LogP contribution in [0.25, 0.3) is 38.2 Å².